The minimum absolute atomic E-state index is 0.516. The number of hydrazone groups is 1. The Kier molecular flexibility index (Phi) is 3.69. The van der Waals surface area contributed by atoms with Crippen LogP contribution in [0.4, 0.5) is 0 Å². The van der Waals surface area contributed by atoms with Crippen molar-refractivity contribution in [3.63, 3.8) is 0 Å². The van der Waals surface area contributed by atoms with Crippen LogP contribution in [-0.2, 0) is 0 Å². The van der Waals surface area contributed by atoms with Gasteiger partial charge < -0.3 is 5.32 Å². The van der Waals surface area contributed by atoms with E-state index in [4.69, 9.17) is 12.2 Å². The van der Waals surface area contributed by atoms with Gasteiger partial charge in [0.15, 0.2) is 5.11 Å². The van der Waals surface area contributed by atoms with Crippen LogP contribution in [0.15, 0.2) is 22.6 Å². The first kappa shape index (κ1) is 9.15. The van der Waals surface area contributed by atoms with E-state index in [9.17, 15) is 0 Å². The molecule has 0 aromatic carbocycles. The van der Waals surface area contributed by atoms with Crippen LogP contribution in [0.1, 0.15) is 4.88 Å². The van der Waals surface area contributed by atoms with Crippen molar-refractivity contribution in [2.75, 3.05) is 7.05 Å². The second-order valence-corrected chi connectivity index (χ2v) is 3.35. The van der Waals surface area contributed by atoms with Crippen molar-refractivity contribution in [1.29, 1.82) is 0 Å². The fourth-order valence-corrected chi connectivity index (χ4v) is 1.21. The zero-order chi connectivity index (χ0) is 8.81. The van der Waals surface area contributed by atoms with Crippen molar-refractivity contribution in [2.45, 2.75) is 0 Å². The number of hydrogen-bond acceptors (Lipinski definition) is 3. The highest BCUT2D eigenvalue weighted by atomic mass is 32.1. The number of nitrogens with zero attached hydrogens (tertiary/aromatic N) is 1. The third kappa shape index (κ3) is 2.98. The Hall–Kier alpha value is -0.940. The summed E-state index contributed by atoms with van der Waals surface area (Å²) in [6.45, 7) is 0. The SMILES string of the molecule is CNC(=S)N/N=C/c1cccs1. The molecular weight excluding hydrogens is 190 g/mol. The van der Waals surface area contributed by atoms with Gasteiger partial charge in [0.25, 0.3) is 0 Å². The Labute approximate surface area is 80.5 Å². The second kappa shape index (κ2) is 4.84. The molecule has 1 aromatic rings. The van der Waals surface area contributed by atoms with Crippen LogP contribution >= 0.6 is 23.6 Å². The van der Waals surface area contributed by atoms with Crippen molar-refractivity contribution in [2.24, 2.45) is 5.10 Å². The molecule has 0 spiro atoms. The molecule has 1 heterocycles. The maximum Gasteiger partial charge on any atom is 0.186 e. The molecule has 0 radical (unpaired) electrons. The van der Waals surface area contributed by atoms with E-state index in [0.717, 1.165) is 4.88 Å². The van der Waals surface area contributed by atoms with Crippen molar-refractivity contribution in [1.82, 2.24) is 10.7 Å². The molecular formula is C7H9N3S2. The van der Waals surface area contributed by atoms with Crippen LogP contribution in [0.25, 0.3) is 0 Å². The van der Waals surface area contributed by atoms with Crippen LogP contribution in [0.2, 0.25) is 0 Å². The van der Waals surface area contributed by atoms with Gasteiger partial charge in [0.05, 0.1) is 6.21 Å². The first-order chi connectivity index (χ1) is 5.83. The van der Waals surface area contributed by atoms with E-state index in [-0.39, 0.29) is 0 Å². The van der Waals surface area contributed by atoms with Gasteiger partial charge in [-0.3, -0.25) is 5.43 Å². The second-order valence-electron chi connectivity index (χ2n) is 1.96. The highest BCUT2D eigenvalue weighted by Crippen LogP contribution is 2.03. The number of thiocarbonyl (C=S) groups is 1. The summed E-state index contributed by atoms with van der Waals surface area (Å²) in [7, 11) is 1.75. The topological polar surface area (TPSA) is 36.4 Å². The van der Waals surface area contributed by atoms with E-state index >= 15 is 0 Å². The lowest BCUT2D eigenvalue weighted by Crippen LogP contribution is -2.28. The molecule has 0 saturated carbocycles. The molecule has 0 aliphatic heterocycles. The molecule has 64 valence electrons. The molecule has 0 unspecified atom stereocenters. The standard InChI is InChI=1S/C7H9N3S2/c1-8-7(11)10-9-5-6-3-2-4-12-6/h2-5H,1H3,(H2,8,10,11)/b9-5+. The van der Waals surface area contributed by atoms with Gasteiger partial charge in [-0.05, 0) is 23.7 Å². The highest BCUT2D eigenvalue weighted by Gasteiger charge is 1.87. The van der Waals surface area contributed by atoms with Gasteiger partial charge in [-0.1, -0.05) is 6.07 Å². The Bertz CT molecular complexity index is 266. The molecule has 0 aliphatic rings. The normalized spacial score (nSPS) is 10.1. The van der Waals surface area contributed by atoms with Crippen LogP contribution in [-0.4, -0.2) is 18.4 Å². The highest BCUT2D eigenvalue weighted by molar-refractivity contribution is 7.80. The third-order valence-corrected chi connectivity index (χ3v) is 2.23. The average Bonchev–Trinajstić information content (AvgIpc) is 2.57. The maximum absolute atomic E-state index is 4.82. The smallest absolute Gasteiger partial charge is 0.186 e. The number of rotatable bonds is 2. The van der Waals surface area contributed by atoms with E-state index in [1.54, 1.807) is 24.6 Å². The van der Waals surface area contributed by atoms with Crippen LogP contribution in [0, 0.1) is 0 Å². The number of nitrogens with one attached hydrogen (secondary N) is 2. The summed E-state index contributed by atoms with van der Waals surface area (Å²) in [5, 5.41) is 9.19. The average molecular weight is 199 g/mol. The van der Waals surface area contributed by atoms with Crippen molar-refractivity contribution < 1.29 is 0 Å². The maximum atomic E-state index is 4.82. The van der Waals surface area contributed by atoms with Crippen molar-refractivity contribution in [3.05, 3.63) is 22.4 Å². The Morgan fingerprint density at radius 1 is 1.75 bits per heavy atom. The molecule has 12 heavy (non-hydrogen) atoms. The van der Waals surface area contributed by atoms with Gasteiger partial charge in [-0.15, -0.1) is 11.3 Å². The van der Waals surface area contributed by atoms with Crippen LogP contribution < -0.4 is 10.7 Å². The Morgan fingerprint density at radius 2 is 2.58 bits per heavy atom. The molecule has 1 rings (SSSR count). The van der Waals surface area contributed by atoms with Crippen LogP contribution in [0.3, 0.4) is 0 Å². The Morgan fingerprint density at radius 3 is 3.17 bits per heavy atom. The van der Waals surface area contributed by atoms with Crippen molar-refractivity contribution >= 4 is 34.9 Å². The summed E-state index contributed by atoms with van der Waals surface area (Å²) >= 11 is 6.45. The molecule has 3 nitrogen and oxygen atoms in total. The minimum Gasteiger partial charge on any atom is -0.364 e. The van der Waals surface area contributed by atoms with E-state index < -0.39 is 0 Å². The van der Waals surface area contributed by atoms with Crippen LogP contribution in [0.5, 0.6) is 0 Å². The quantitative estimate of drug-likeness (QED) is 0.426. The molecule has 0 aliphatic carbocycles. The summed E-state index contributed by atoms with van der Waals surface area (Å²) < 4.78 is 0. The molecule has 5 heteroatoms. The first-order valence-corrected chi connectivity index (χ1v) is 4.66. The lowest BCUT2D eigenvalue weighted by molar-refractivity contribution is 0.982. The summed E-state index contributed by atoms with van der Waals surface area (Å²) in [6, 6.07) is 3.96. The summed E-state index contributed by atoms with van der Waals surface area (Å²) in [6.07, 6.45) is 1.73. The molecule has 0 saturated heterocycles. The fraction of sp³-hybridized carbons (Fsp3) is 0.143. The zero-order valence-electron chi connectivity index (χ0n) is 6.57. The van der Waals surface area contributed by atoms with Gasteiger partial charge in [0, 0.05) is 11.9 Å². The van der Waals surface area contributed by atoms with Gasteiger partial charge in [-0.25, -0.2) is 0 Å². The summed E-state index contributed by atoms with van der Waals surface area (Å²) in [5.74, 6) is 0. The third-order valence-electron chi connectivity index (χ3n) is 1.13. The number of hydrogen-bond donors (Lipinski definition) is 2. The van der Waals surface area contributed by atoms with E-state index in [1.165, 1.54) is 0 Å². The van der Waals surface area contributed by atoms with Gasteiger partial charge in [-0.2, -0.15) is 5.10 Å². The largest absolute Gasteiger partial charge is 0.364 e. The predicted molar refractivity (Wildman–Crippen MR) is 56.7 cm³/mol. The molecule has 0 bridgehead atoms. The van der Waals surface area contributed by atoms with Gasteiger partial charge in [0.2, 0.25) is 0 Å². The zero-order valence-corrected chi connectivity index (χ0v) is 8.21. The van der Waals surface area contributed by atoms with Gasteiger partial charge >= 0.3 is 0 Å². The first-order valence-electron chi connectivity index (χ1n) is 3.37. The number of thiophene rings is 1. The van der Waals surface area contributed by atoms with E-state index in [0.29, 0.717) is 5.11 Å². The lowest BCUT2D eigenvalue weighted by Gasteiger charge is -1.97. The van der Waals surface area contributed by atoms with E-state index in [1.807, 2.05) is 17.5 Å². The Balaban J connectivity index is 2.37. The van der Waals surface area contributed by atoms with Crippen molar-refractivity contribution in [3.8, 4) is 0 Å². The lowest BCUT2D eigenvalue weighted by atomic mass is 10.5. The molecule has 0 amide bonds. The minimum atomic E-state index is 0.516. The van der Waals surface area contributed by atoms with E-state index in [2.05, 4.69) is 15.8 Å². The molecule has 0 fully saturated rings. The van der Waals surface area contributed by atoms with Gasteiger partial charge in [0.1, 0.15) is 0 Å². The monoisotopic (exact) mass is 199 g/mol. The summed E-state index contributed by atoms with van der Waals surface area (Å²) in [5.41, 5.74) is 2.67. The molecule has 1 aromatic heterocycles. The molecule has 2 N–H and O–H groups in total. The summed E-state index contributed by atoms with van der Waals surface area (Å²) in [4.78, 5) is 1.10. The molecule has 0 atom stereocenters. The predicted octanol–water partition coefficient (Wildman–Crippen LogP) is 1.18. The fourth-order valence-electron chi connectivity index (χ4n) is 0.575.